The Labute approximate surface area is 95.4 Å². The fourth-order valence-electron chi connectivity index (χ4n) is 2.86. The van der Waals surface area contributed by atoms with E-state index in [0.29, 0.717) is 0 Å². The minimum Gasteiger partial charge on any atom is -0.317 e. The maximum atomic E-state index is 3.51. The molecule has 0 radical (unpaired) electrons. The highest BCUT2D eigenvalue weighted by Gasteiger charge is 2.22. The summed E-state index contributed by atoms with van der Waals surface area (Å²) >= 11 is 0. The van der Waals surface area contributed by atoms with Crippen molar-refractivity contribution in [3.63, 3.8) is 0 Å². The highest BCUT2D eigenvalue weighted by molar-refractivity contribution is 4.80. The first-order valence-corrected chi connectivity index (χ1v) is 6.63. The van der Waals surface area contributed by atoms with Crippen molar-refractivity contribution in [3.05, 3.63) is 0 Å². The molecule has 2 atom stereocenters. The van der Waals surface area contributed by atoms with Crippen LogP contribution in [0.5, 0.6) is 0 Å². The number of nitrogens with zero attached hydrogens (tertiary/aromatic N) is 1. The average Bonchev–Trinajstić information content (AvgIpc) is 2.43. The van der Waals surface area contributed by atoms with Crippen molar-refractivity contribution in [2.24, 2.45) is 5.92 Å². The molecule has 15 heavy (non-hydrogen) atoms. The highest BCUT2D eigenvalue weighted by atomic mass is 15.1. The van der Waals surface area contributed by atoms with Crippen molar-refractivity contribution in [2.75, 3.05) is 27.2 Å². The van der Waals surface area contributed by atoms with E-state index in [0.717, 1.165) is 12.0 Å². The van der Waals surface area contributed by atoms with Crippen LogP contribution < -0.4 is 5.32 Å². The Morgan fingerprint density at radius 2 is 1.93 bits per heavy atom. The zero-order valence-corrected chi connectivity index (χ0v) is 10.8. The van der Waals surface area contributed by atoms with Gasteiger partial charge in [-0.25, -0.2) is 0 Å². The van der Waals surface area contributed by atoms with Gasteiger partial charge in [0.25, 0.3) is 0 Å². The van der Waals surface area contributed by atoms with Crippen LogP contribution in [0, 0.1) is 5.92 Å². The molecule has 0 bridgehead atoms. The fourth-order valence-corrected chi connectivity index (χ4v) is 2.86. The monoisotopic (exact) mass is 212 g/mol. The second kappa shape index (κ2) is 7.24. The van der Waals surface area contributed by atoms with Crippen molar-refractivity contribution in [1.29, 1.82) is 0 Å². The first-order chi connectivity index (χ1) is 7.27. The van der Waals surface area contributed by atoms with Crippen LogP contribution in [0.15, 0.2) is 0 Å². The molecule has 0 heterocycles. The molecule has 1 N–H and O–H groups in total. The summed E-state index contributed by atoms with van der Waals surface area (Å²) in [6.07, 6.45) is 8.35. The van der Waals surface area contributed by atoms with E-state index in [1.807, 2.05) is 0 Å². The van der Waals surface area contributed by atoms with Gasteiger partial charge in [-0.05, 0) is 45.8 Å². The molecule has 0 amide bonds. The SMILES string of the molecule is CCCN(C)CC1CCCCCC1NC. The minimum atomic E-state index is 0.756. The standard InChI is InChI=1S/C13H28N2/c1-4-10-15(3)11-12-8-6-5-7-9-13(12)14-2/h12-14H,4-11H2,1-3H3. The number of hydrogen-bond donors (Lipinski definition) is 1. The van der Waals surface area contributed by atoms with Crippen LogP contribution in [0.4, 0.5) is 0 Å². The molecule has 1 aliphatic rings. The zero-order chi connectivity index (χ0) is 11.1. The Morgan fingerprint density at radius 1 is 1.20 bits per heavy atom. The van der Waals surface area contributed by atoms with Gasteiger partial charge in [0.2, 0.25) is 0 Å². The lowest BCUT2D eigenvalue weighted by Gasteiger charge is -2.29. The van der Waals surface area contributed by atoms with Crippen molar-refractivity contribution in [2.45, 2.75) is 51.5 Å². The van der Waals surface area contributed by atoms with Crippen molar-refractivity contribution in [1.82, 2.24) is 10.2 Å². The van der Waals surface area contributed by atoms with Gasteiger partial charge in [-0.2, -0.15) is 0 Å². The predicted octanol–water partition coefficient (Wildman–Crippen LogP) is 2.50. The molecule has 2 heteroatoms. The van der Waals surface area contributed by atoms with E-state index >= 15 is 0 Å². The molecule has 2 unspecified atom stereocenters. The molecule has 1 rings (SSSR count). The Morgan fingerprint density at radius 3 is 2.60 bits per heavy atom. The predicted molar refractivity (Wildman–Crippen MR) is 67.2 cm³/mol. The number of rotatable bonds is 5. The van der Waals surface area contributed by atoms with Crippen LogP contribution in [-0.4, -0.2) is 38.1 Å². The summed E-state index contributed by atoms with van der Waals surface area (Å²) in [7, 11) is 4.39. The maximum absolute atomic E-state index is 3.51. The largest absolute Gasteiger partial charge is 0.317 e. The molecule has 0 aliphatic heterocycles. The molecule has 0 aromatic carbocycles. The Balaban J connectivity index is 2.40. The third-order valence-electron chi connectivity index (χ3n) is 3.68. The summed E-state index contributed by atoms with van der Waals surface area (Å²) < 4.78 is 0. The Hall–Kier alpha value is -0.0800. The normalized spacial score (nSPS) is 28.0. The third-order valence-corrected chi connectivity index (χ3v) is 3.68. The maximum Gasteiger partial charge on any atom is 0.0104 e. The van der Waals surface area contributed by atoms with Crippen molar-refractivity contribution >= 4 is 0 Å². The number of hydrogen-bond acceptors (Lipinski definition) is 2. The molecule has 90 valence electrons. The molecule has 0 saturated heterocycles. The van der Waals surface area contributed by atoms with Crippen LogP contribution in [0.3, 0.4) is 0 Å². The van der Waals surface area contributed by atoms with Gasteiger partial charge >= 0.3 is 0 Å². The average molecular weight is 212 g/mol. The van der Waals surface area contributed by atoms with Crippen LogP contribution >= 0.6 is 0 Å². The van der Waals surface area contributed by atoms with Gasteiger partial charge < -0.3 is 10.2 Å². The quantitative estimate of drug-likeness (QED) is 0.704. The Kier molecular flexibility index (Phi) is 6.26. The van der Waals surface area contributed by atoms with E-state index in [9.17, 15) is 0 Å². The lowest BCUT2D eigenvalue weighted by atomic mass is 9.94. The summed E-state index contributed by atoms with van der Waals surface area (Å²) in [5, 5.41) is 3.51. The smallest absolute Gasteiger partial charge is 0.0104 e. The molecule has 0 aromatic rings. The number of nitrogens with one attached hydrogen (secondary N) is 1. The lowest BCUT2D eigenvalue weighted by Crippen LogP contribution is -2.39. The van der Waals surface area contributed by atoms with E-state index < -0.39 is 0 Å². The summed E-state index contributed by atoms with van der Waals surface area (Å²) in [5.74, 6) is 0.869. The van der Waals surface area contributed by atoms with Gasteiger partial charge in [0.05, 0.1) is 0 Å². The minimum absolute atomic E-state index is 0.756. The topological polar surface area (TPSA) is 15.3 Å². The van der Waals surface area contributed by atoms with Crippen LogP contribution in [0.1, 0.15) is 45.4 Å². The summed E-state index contributed by atoms with van der Waals surface area (Å²) in [6.45, 7) is 4.78. The van der Waals surface area contributed by atoms with E-state index in [2.05, 4.69) is 31.2 Å². The second-order valence-electron chi connectivity index (χ2n) is 5.06. The molecular formula is C13H28N2. The van der Waals surface area contributed by atoms with E-state index in [-0.39, 0.29) is 0 Å². The molecule has 1 aliphatic carbocycles. The third kappa shape index (κ3) is 4.52. The highest BCUT2D eigenvalue weighted by Crippen LogP contribution is 2.23. The van der Waals surface area contributed by atoms with Crippen molar-refractivity contribution in [3.8, 4) is 0 Å². The molecule has 1 saturated carbocycles. The summed E-state index contributed by atoms with van der Waals surface area (Å²) in [4.78, 5) is 2.50. The first kappa shape index (κ1) is 13.0. The fraction of sp³-hybridized carbons (Fsp3) is 1.00. The summed E-state index contributed by atoms with van der Waals surface area (Å²) in [6, 6.07) is 0.756. The Bertz CT molecular complexity index is 159. The molecule has 1 fully saturated rings. The van der Waals surface area contributed by atoms with E-state index in [1.165, 1.54) is 51.6 Å². The van der Waals surface area contributed by atoms with Crippen LogP contribution in [0.2, 0.25) is 0 Å². The van der Waals surface area contributed by atoms with Gasteiger partial charge in [0.15, 0.2) is 0 Å². The first-order valence-electron chi connectivity index (χ1n) is 6.63. The van der Waals surface area contributed by atoms with Gasteiger partial charge in [0, 0.05) is 12.6 Å². The molecule has 0 spiro atoms. The zero-order valence-electron chi connectivity index (χ0n) is 10.8. The summed E-state index contributed by atoms with van der Waals surface area (Å²) in [5.41, 5.74) is 0. The van der Waals surface area contributed by atoms with E-state index in [4.69, 9.17) is 0 Å². The van der Waals surface area contributed by atoms with Crippen LogP contribution in [0.25, 0.3) is 0 Å². The second-order valence-corrected chi connectivity index (χ2v) is 5.06. The van der Waals surface area contributed by atoms with Crippen molar-refractivity contribution < 1.29 is 0 Å². The van der Waals surface area contributed by atoms with Gasteiger partial charge in [-0.1, -0.05) is 26.2 Å². The van der Waals surface area contributed by atoms with Gasteiger partial charge in [-0.3, -0.25) is 0 Å². The molecule has 2 nitrogen and oxygen atoms in total. The molecular weight excluding hydrogens is 184 g/mol. The molecule has 0 aromatic heterocycles. The lowest BCUT2D eigenvalue weighted by molar-refractivity contribution is 0.229. The van der Waals surface area contributed by atoms with Gasteiger partial charge in [0.1, 0.15) is 0 Å². The van der Waals surface area contributed by atoms with Gasteiger partial charge in [-0.15, -0.1) is 0 Å². The van der Waals surface area contributed by atoms with Crippen LogP contribution in [-0.2, 0) is 0 Å². The van der Waals surface area contributed by atoms with E-state index in [1.54, 1.807) is 0 Å².